The normalized spacial score (nSPS) is 13.5. The molecule has 0 bridgehead atoms. The Labute approximate surface area is 119 Å². The first-order chi connectivity index (χ1) is 10.1. The number of nitrogens with zero attached hydrogens (tertiary/aromatic N) is 2. The molecule has 2 heterocycles. The van der Waals surface area contributed by atoms with Crippen LogP contribution in [0.25, 0.3) is 0 Å². The van der Waals surface area contributed by atoms with Crippen molar-refractivity contribution in [3.05, 3.63) is 52.9 Å². The van der Waals surface area contributed by atoms with E-state index in [1.54, 1.807) is 19.1 Å². The Morgan fingerprint density at radius 1 is 1.24 bits per heavy atom. The second-order valence-corrected chi connectivity index (χ2v) is 4.52. The van der Waals surface area contributed by atoms with E-state index in [9.17, 15) is 14.4 Å². The van der Waals surface area contributed by atoms with E-state index in [4.69, 9.17) is 9.36 Å². The van der Waals surface area contributed by atoms with E-state index in [0.29, 0.717) is 16.3 Å². The molecule has 1 aromatic carbocycles. The van der Waals surface area contributed by atoms with Gasteiger partial charge in [-0.1, -0.05) is 22.4 Å². The van der Waals surface area contributed by atoms with Gasteiger partial charge in [-0.15, -0.1) is 0 Å². The van der Waals surface area contributed by atoms with Crippen molar-refractivity contribution in [2.24, 2.45) is 0 Å². The van der Waals surface area contributed by atoms with Crippen molar-refractivity contribution in [2.75, 3.05) is 0 Å². The maximum atomic E-state index is 12.0. The third kappa shape index (κ3) is 2.18. The zero-order chi connectivity index (χ0) is 15.0. The molecule has 0 unspecified atom stereocenters. The largest absolute Gasteiger partial charge is 0.364 e. The first-order valence-corrected chi connectivity index (χ1v) is 6.16. The molecule has 2 amide bonds. The second-order valence-electron chi connectivity index (χ2n) is 4.52. The van der Waals surface area contributed by atoms with Crippen molar-refractivity contribution >= 4 is 17.8 Å². The highest BCUT2D eigenvalue weighted by Gasteiger charge is 2.38. The van der Waals surface area contributed by atoms with Crippen LogP contribution in [0.3, 0.4) is 0 Å². The molecule has 0 N–H and O–H groups in total. The lowest BCUT2D eigenvalue weighted by atomic mass is 10.1. The number of benzene rings is 1. The molecule has 0 atom stereocenters. The lowest BCUT2D eigenvalue weighted by molar-refractivity contribution is -0.167. The van der Waals surface area contributed by atoms with Crippen LogP contribution in [0.5, 0.6) is 0 Å². The van der Waals surface area contributed by atoms with Crippen LogP contribution < -0.4 is 0 Å². The van der Waals surface area contributed by atoms with Gasteiger partial charge in [-0.25, -0.2) is 4.79 Å². The van der Waals surface area contributed by atoms with Crippen molar-refractivity contribution in [3.63, 3.8) is 0 Å². The maximum absolute atomic E-state index is 12.0. The fraction of sp³-hybridized carbons (Fsp3) is 0.143. The van der Waals surface area contributed by atoms with Crippen molar-refractivity contribution in [1.82, 2.24) is 10.2 Å². The van der Waals surface area contributed by atoms with E-state index in [1.165, 1.54) is 18.4 Å². The van der Waals surface area contributed by atoms with Gasteiger partial charge < -0.3 is 9.36 Å². The van der Waals surface area contributed by atoms with Gasteiger partial charge in [0.1, 0.15) is 6.26 Å². The number of hydrogen-bond donors (Lipinski definition) is 0. The van der Waals surface area contributed by atoms with Crippen LogP contribution >= 0.6 is 0 Å². The van der Waals surface area contributed by atoms with E-state index in [-0.39, 0.29) is 17.5 Å². The summed E-state index contributed by atoms with van der Waals surface area (Å²) < 4.78 is 4.70. The number of fused-ring (bicyclic) bond motifs is 1. The molecule has 1 aliphatic heterocycles. The summed E-state index contributed by atoms with van der Waals surface area (Å²) in [5, 5.41) is 4.12. The van der Waals surface area contributed by atoms with E-state index >= 15 is 0 Å². The molecule has 2 aromatic rings. The predicted octanol–water partition coefficient (Wildman–Crippen LogP) is 1.28. The first kappa shape index (κ1) is 13.0. The van der Waals surface area contributed by atoms with Gasteiger partial charge in [0.2, 0.25) is 0 Å². The summed E-state index contributed by atoms with van der Waals surface area (Å²) in [5.41, 5.74) is 1.53. The van der Waals surface area contributed by atoms with Gasteiger partial charge in [-0.3, -0.25) is 9.59 Å². The van der Waals surface area contributed by atoms with Gasteiger partial charge in [0, 0.05) is 5.56 Å². The molecule has 7 nitrogen and oxygen atoms in total. The van der Waals surface area contributed by atoms with Crippen molar-refractivity contribution in [1.29, 1.82) is 0 Å². The molecule has 0 fully saturated rings. The molecule has 21 heavy (non-hydrogen) atoms. The molecule has 3 rings (SSSR count). The van der Waals surface area contributed by atoms with E-state index in [1.807, 2.05) is 0 Å². The molecular weight excluding hydrogens is 276 g/mol. The second kappa shape index (κ2) is 4.86. The molecule has 0 saturated heterocycles. The molecular formula is C14H10N2O5. The number of imide groups is 1. The van der Waals surface area contributed by atoms with Crippen LogP contribution in [-0.4, -0.2) is 28.0 Å². The number of aromatic nitrogens is 1. The zero-order valence-corrected chi connectivity index (χ0v) is 11.0. The third-order valence-electron chi connectivity index (χ3n) is 3.13. The van der Waals surface area contributed by atoms with Gasteiger partial charge in [0.05, 0.1) is 23.2 Å². The Morgan fingerprint density at radius 3 is 2.38 bits per heavy atom. The Bertz CT molecular complexity index is 714. The molecule has 0 radical (unpaired) electrons. The molecule has 1 aromatic heterocycles. The topological polar surface area (TPSA) is 89.7 Å². The highest BCUT2D eigenvalue weighted by atomic mass is 16.7. The minimum atomic E-state index is -0.740. The molecule has 0 saturated carbocycles. The van der Waals surface area contributed by atoms with E-state index in [0.717, 1.165) is 0 Å². The lowest BCUT2D eigenvalue weighted by Gasteiger charge is -2.12. The summed E-state index contributed by atoms with van der Waals surface area (Å²) in [7, 11) is 0. The SMILES string of the molecule is Cc1nocc1CC(=O)ON1C(=O)c2ccccc2C1=O. The highest BCUT2D eigenvalue weighted by molar-refractivity contribution is 6.20. The van der Waals surface area contributed by atoms with Crippen molar-refractivity contribution in [2.45, 2.75) is 13.3 Å². The zero-order valence-electron chi connectivity index (χ0n) is 11.0. The average Bonchev–Trinajstić information content (AvgIpc) is 2.97. The summed E-state index contributed by atoms with van der Waals surface area (Å²) in [5.74, 6) is -2.03. The van der Waals surface area contributed by atoms with Crippen LogP contribution in [0.1, 0.15) is 32.0 Å². The van der Waals surface area contributed by atoms with Crippen LogP contribution in [0.4, 0.5) is 0 Å². The predicted molar refractivity (Wildman–Crippen MR) is 68.0 cm³/mol. The van der Waals surface area contributed by atoms with Gasteiger partial charge in [0.25, 0.3) is 11.8 Å². The smallest absolute Gasteiger partial charge is 0.337 e. The van der Waals surface area contributed by atoms with Gasteiger partial charge in [-0.05, 0) is 19.1 Å². The number of carbonyl (C=O) groups excluding carboxylic acids is 3. The minimum Gasteiger partial charge on any atom is -0.364 e. The maximum Gasteiger partial charge on any atom is 0.337 e. The third-order valence-corrected chi connectivity index (χ3v) is 3.13. The van der Waals surface area contributed by atoms with Crippen LogP contribution in [0.2, 0.25) is 0 Å². The van der Waals surface area contributed by atoms with Crippen molar-refractivity contribution in [3.8, 4) is 0 Å². The molecule has 1 aliphatic rings. The quantitative estimate of drug-likeness (QED) is 0.789. The molecule has 106 valence electrons. The Balaban J connectivity index is 1.75. The van der Waals surface area contributed by atoms with E-state index < -0.39 is 17.8 Å². The first-order valence-electron chi connectivity index (χ1n) is 6.16. The molecule has 0 spiro atoms. The molecule has 0 aliphatic carbocycles. The van der Waals surface area contributed by atoms with Gasteiger partial charge in [-0.2, -0.15) is 0 Å². The number of aryl methyl sites for hydroxylation is 1. The average molecular weight is 286 g/mol. The minimum absolute atomic E-state index is 0.136. The number of hydroxylamine groups is 2. The summed E-state index contributed by atoms with van der Waals surface area (Å²) in [6.45, 7) is 1.67. The lowest BCUT2D eigenvalue weighted by Crippen LogP contribution is -2.33. The number of hydrogen-bond acceptors (Lipinski definition) is 6. The van der Waals surface area contributed by atoms with Gasteiger partial charge >= 0.3 is 5.97 Å². The van der Waals surface area contributed by atoms with Crippen molar-refractivity contribution < 1.29 is 23.7 Å². The van der Waals surface area contributed by atoms with Crippen LogP contribution in [0.15, 0.2) is 35.1 Å². The monoisotopic (exact) mass is 286 g/mol. The Morgan fingerprint density at radius 2 is 1.86 bits per heavy atom. The Hall–Kier alpha value is -2.96. The van der Waals surface area contributed by atoms with Crippen LogP contribution in [0, 0.1) is 6.92 Å². The molecule has 7 heteroatoms. The van der Waals surface area contributed by atoms with Gasteiger partial charge in [0.15, 0.2) is 0 Å². The Kier molecular flexibility index (Phi) is 3.02. The summed E-state index contributed by atoms with van der Waals surface area (Å²) in [4.78, 5) is 40.7. The van der Waals surface area contributed by atoms with E-state index in [2.05, 4.69) is 5.16 Å². The summed E-state index contributed by atoms with van der Waals surface area (Å²) in [6, 6.07) is 6.28. The summed E-state index contributed by atoms with van der Waals surface area (Å²) in [6.07, 6.45) is 1.18. The summed E-state index contributed by atoms with van der Waals surface area (Å²) >= 11 is 0. The van der Waals surface area contributed by atoms with Crippen LogP contribution in [-0.2, 0) is 16.1 Å². The standard InChI is InChI=1S/C14H10N2O5/c1-8-9(7-20-15-8)6-12(17)21-16-13(18)10-4-2-3-5-11(10)14(16)19/h2-5,7H,6H2,1H3. The number of carbonyl (C=O) groups is 3. The number of amides is 2. The number of rotatable bonds is 3. The highest BCUT2D eigenvalue weighted by Crippen LogP contribution is 2.23. The fourth-order valence-corrected chi connectivity index (χ4v) is 2.02. The fourth-order valence-electron chi connectivity index (χ4n) is 2.02.